The van der Waals surface area contributed by atoms with Crippen LogP contribution < -0.4 is 10.6 Å². The predicted molar refractivity (Wildman–Crippen MR) is 79.3 cm³/mol. The number of aliphatic hydroxyl groups excluding tert-OH is 1. The molecule has 4 N–H and O–H groups in total. The maximum atomic E-state index is 13.0. The number of fused-ring (bicyclic) bond motifs is 1. The first-order valence-electron chi connectivity index (χ1n) is 6.65. The van der Waals surface area contributed by atoms with Gasteiger partial charge in [0.05, 0.1) is 6.10 Å². The second-order valence-corrected chi connectivity index (χ2v) is 4.75. The van der Waals surface area contributed by atoms with Crippen molar-refractivity contribution in [3.8, 4) is 0 Å². The molecule has 0 aliphatic heterocycles. The highest BCUT2D eigenvalue weighted by Crippen LogP contribution is 2.22. The monoisotopic (exact) mass is 303 g/mol. The van der Waals surface area contributed by atoms with E-state index in [1.807, 2.05) is 0 Å². The molecule has 1 aromatic carbocycles. The Bertz CT molecular complexity index is 772. The molecule has 22 heavy (non-hydrogen) atoms. The minimum absolute atomic E-state index is 0.305. The van der Waals surface area contributed by atoms with E-state index in [1.165, 1.54) is 12.1 Å². The number of rotatable bonds is 5. The number of halogens is 1. The third-order valence-electron chi connectivity index (χ3n) is 2.85. The van der Waals surface area contributed by atoms with Gasteiger partial charge in [-0.25, -0.2) is 4.39 Å². The number of benzene rings is 1. The lowest BCUT2D eigenvalue weighted by Gasteiger charge is -2.10. The van der Waals surface area contributed by atoms with Crippen LogP contribution in [0.1, 0.15) is 6.92 Å². The standard InChI is InChI=1S/C13H14FN7O/c1-7(22)6-15-13-17-11(10-12(18-13)20-21-19-10)16-9-4-2-8(14)3-5-9/h2-5,7,22H,6H2,1H3,(H3,15,16,17,18,19,20,21)/t7-/m0/s1. The van der Waals surface area contributed by atoms with Crippen LogP contribution in [0.4, 0.5) is 21.8 Å². The lowest BCUT2D eigenvalue weighted by atomic mass is 10.3. The van der Waals surface area contributed by atoms with Gasteiger partial charge in [-0.15, -0.1) is 5.10 Å². The molecule has 9 heteroatoms. The molecule has 1 atom stereocenters. The zero-order valence-corrected chi connectivity index (χ0v) is 11.7. The molecule has 0 saturated heterocycles. The molecule has 0 radical (unpaired) electrons. The molecule has 0 fully saturated rings. The average molecular weight is 303 g/mol. The number of hydrogen-bond donors (Lipinski definition) is 4. The van der Waals surface area contributed by atoms with Gasteiger partial charge in [-0.1, -0.05) is 0 Å². The molecular weight excluding hydrogens is 289 g/mol. The fraction of sp³-hybridized carbons (Fsp3) is 0.231. The van der Waals surface area contributed by atoms with Gasteiger partial charge in [-0.05, 0) is 31.2 Å². The van der Waals surface area contributed by atoms with Crippen LogP contribution in [0, 0.1) is 5.82 Å². The topological polar surface area (TPSA) is 112 Å². The van der Waals surface area contributed by atoms with Crippen molar-refractivity contribution in [2.75, 3.05) is 17.2 Å². The third-order valence-corrected chi connectivity index (χ3v) is 2.85. The van der Waals surface area contributed by atoms with Crippen LogP contribution in [-0.4, -0.2) is 43.1 Å². The molecule has 0 saturated carbocycles. The van der Waals surface area contributed by atoms with Crippen molar-refractivity contribution < 1.29 is 9.50 Å². The van der Waals surface area contributed by atoms with Crippen LogP contribution in [-0.2, 0) is 0 Å². The van der Waals surface area contributed by atoms with Gasteiger partial charge in [0, 0.05) is 12.2 Å². The molecule has 0 bridgehead atoms. The average Bonchev–Trinajstić information content (AvgIpc) is 2.96. The van der Waals surface area contributed by atoms with Crippen molar-refractivity contribution in [1.29, 1.82) is 0 Å². The Balaban J connectivity index is 1.92. The Labute approximate surface area is 124 Å². The highest BCUT2D eigenvalue weighted by atomic mass is 19.1. The number of nitrogens with zero attached hydrogens (tertiary/aromatic N) is 4. The van der Waals surface area contributed by atoms with Crippen molar-refractivity contribution in [2.45, 2.75) is 13.0 Å². The molecule has 0 amide bonds. The van der Waals surface area contributed by atoms with E-state index in [-0.39, 0.29) is 5.82 Å². The molecule has 0 spiro atoms. The van der Waals surface area contributed by atoms with Crippen LogP contribution >= 0.6 is 0 Å². The third kappa shape index (κ3) is 3.09. The van der Waals surface area contributed by atoms with Crippen LogP contribution in [0.15, 0.2) is 24.3 Å². The molecule has 2 aromatic heterocycles. The fourth-order valence-electron chi connectivity index (χ4n) is 1.82. The summed E-state index contributed by atoms with van der Waals surface area (Å²) in [5.41, 5.74) is 1.51. The van der Waals surface area contributed by atoms with Crippen LogP contribution in [0.25, 0.3) is 11.2 Å². The van der Waals surface area contributed by atoms with Gasteiger partial charge in [0.25, 0.3) is 0 Å². The van der Waals surface area contributed by atoms with Crippen molar-refractivity contribution in [2.24, 2.45) is 0 Å². The molecular formula is C13H14FN7O. The number of nitrogens with one attached hydrogen (secondary N) is 3. The van der Waals surface area contributed by atoms with E-state index in [0.717, 1.165) is 0 Å². The van der Waals surface area contributed by atoms with Crippen molar-refractivity contribution in [3.63, 3.8) is 0 Å². The summed E-state index contributed by atoms with van der Waals surface area (Å²) in [6.45, 7) is 1.96. The predicted octanol–water partition coefficient (Wildman–Crippen LogP) is 1.42. The van der Waals surface area contributed by atoms with E-state index < -0.39 is 6.10 Å². The molecule has 0 aliphatic carbocycles. The van der Waals surface area contributed by atoms with E-state index in [0.29, 0.717) is 35.2 Å². The van der Waals surface area contributed by atoms with Gasteiger partial charge in [0.15, 0.2) is 11.3 Å². The van der Waals surface area contributed by atoms with Gasteiger partial charge in [-0.3, -0.25) is 0 Å². The number of aromatic nitrogens is 5. The Morgan fingerprint density at radius 3 is 2.73 bits per heavy atom. The van der Waals surface area contributed by atoms with Gasteiger partial charge in [0.1, 0.15) is 5.82 Å². The zero-order chi connectivity index (χ0) is 15.5. The Kier molecular flexibility index (Phi) is 3.79. The molecule has 3 rings (SSSR count). The molecule has 2 heterocycles. The largest absolute Gasteiger partial charge is 0.392 e. The second kappa shape index (κ2) is 5.90. The van der Waals surface area contributed by atoms with E-state index in [4.69, 9.17) is 0 Å². The number of H-pyrrole nitrogens is 1. The normalized spacial score (nSPS) is 12.3. The Hall–Kier alpha value is -2.81. The van der Waals surface area contributed by atoms with Crippen LogP contribution in [0.2, 0.25) is 0 Å². The maximum absolute atomic E-state index is 13.0. The van der Waals surface area contributed by atoms with Crippen LogP contribution in [0.3, 0.4) is 0 Å². The molecule has 0 aliphatic rings. The number of hydrogen-bond acceptors (Lipinski definition) is 7. The van der Waals surface area contributed by atoms with Crippen molar-refractivity contribution in [1.82, 2.24) is 25.4 Å². The summed E-state index contributed by atoms with van der Waals surface area (Å²) >= 11 is 0. The number of anilines is 3. The first kappa shape index (κ1) is 14.1. The first-order chi connectivity index (χ1) is 10.6. The summed E-state index contributed by atoms with van der Waals surface area (Å²) in [4.78, 5) is 8.49. The minimum Gasteiger partial charge on any atom is -0.392 e. The Morgan fingerprint density at radius 2 is 2.00 bits per heavy atom. The summed E-state index contributed by atoms with van der Waals surface area (Å²) in [6, 6.07) is 5.87. The van der Waals surface area contributed by atoms with E-state index in [9.17, 15) is 9.50 Å². The number of aliphatic hydroxyl groups is 1. The summed E-state index contributed by atoms with van der Waals surface area (Å²) in [7, 11) is 0. The highest BCUT2D eigenvalue weighted by Gasteiger charge is 2.12. The van der Waals surface area contributed by atoms with E-state index in [1.54, 1.807) is 19.1 Å². The highest BCUT2D eigenvalue weighted by molar-refractivity contribution is 5.85. The smallest absolute Gasteiger partial charge is 0.227 e. The van der Waals surface area contributed by atoms with Crippen LogP contribution in [0.5, 0.6) is 0 Å². The molecule has 8 nitrogen and oxygen atoms in total. The van der Waals surface area contributed by atoms with Crippen molar-refractivity contribution in [3.05, 3.63) is 30.1 Å². The summed E-state index contributed by atoms with van der Waals surface area (Å²) in [5, 5.41) is 25.7. The first-order valence-corrected chi connectivity index (χ1v) is 6.65. The zero-order valence-electron chi connectivity index (χ0n) is 11.7. The lowest BCUT2D eigenvalue weighted by molar-refractivity contribution is 0.208. The summed E-state index contributed by atoms with van der Waals surface area (Å²) in [6.07, 6.45) is -0.537. The van der Waals surface area contributed by atoms with Gasteiger partial charge >= 0.3 is 0 Å². The quantitative estimate of drug-likeness (QED) is 0.564. The molecule has 0 unspecified atom stereocenters. The van der Waals surface area contributed by atoms with E-state index in [2.05, 4.69) is 36.0 Å². The van der Waals surface area contributed by atoms with E-state index >= 15 is 0 Å². The lowest BCUT2D eigenvalue weighted by Crippen LogP contribution is -2.17. The summed E-state index contributed by atoms with van der Waals surface area (Å²) < 4.78 is 13.0. The van der Waals surface area contributed by atoms with Gasteiger partial charge in [-0.2, -0.15) is 20.3 Å². The SMILES string of the molecule is C[C@H](O)CNc1nc(Nc2ccc(F)cc2)c2n[nH]nc2n1. The number of aromatic amines is 1. The second-order valence-electron chi connectivity index (χ2n) is 4.75. The van der Waals surface area contributed by atoms with Gasteiger partial charge in [0.2, 0.25) is 11.6 Å². The van der Waals surface area contributed by atoms with Gasteiger partial charge < -0.3 is 15.7 Å². The summed E-state index contributed by atoms with van der Waals surface area (Å²) in [5.74, 6) is 0.421. The Morgan fingerprint density at radius 1 is 1.23 bits per heavy atom. The minimum atomic E-state index is -0.537. The molecule has 114 valence electrons. The fourth-order valence-corrected chi connectivity index (χ4v) is 1.82. The molecule has 3 aromatic rings. The maximum Gasteiger partial charge on any atom is 0.227 e. The van der Waals surface area contributed by atoms with Crippen molar-refractivity contribution >= 4 is 28.6 Å².